The van der Waals surface area contributed by atoms with E-state index in [9.17, 15) is 14.4 Å². The van der Waals surface area contributed by atoms with E-state index in [1.54, 1.807) is 0 Å². The predicted octanol–water partition coefficient (Wildman–Crippen LogP) is 15.4. The molecule has 0 bridgehead atoms. The Morgan fingerprint density at radius 2 is 0.607 bits per heavy atom. The minimum Gasteiger partial charge on any atom is -0.462 e. The SMILES string of the molecule is CCCC/C=C\CCCCCCCC(=O)OCC(COC(=O)CCCCCCCCC/C=C\CCCCCC)OC(=O)CCCCCCC/C=C\CCCCC. The molecule has 6 heteroatoms. The zero-order valence-corrected chi connectivity index (χ0v) is 37.2. The maximum Gasteiger partial charge on any atom is 0.306 e. The van der Waals surface area contributed by atoms with Gasteiger partial charge in [-0.15, -0.1) is 0 Å². The number of hydrogen-bond donors (Lipinski definition) is 0. The van der Waals surface area contributed by atoms with Gasteiger partial charge in [0.2, 0.25) is 0 Å². The van der Waals surface area contributed by atoms with Gasteiger partial charge in [-0.1, -0.05) is 173 Å². The molecule has 0 aromatic carbocycles. The number of carbonyl (C=O) groups excluding carboxylic acids is 3. The Hall–Kier alpha value is -2.37. The van der Waals surface area contributed by atoms with Crippen molar-refractivity contribution in [2.24, 2.45) is 0 Å². The van der Waals surface area contributed by atoms with Crippen molar-refractivity contribution in [2.75, 3.05) is 13.2 Å². The fourth-order valence-corrected chi connectivity index (χ4v) is 6.65. The fraction of sp³-hybridized carbons (Fsp3) is 0.820. The van der Waals surface area contributed by atoms with E-state index in [1.165, 1.54) is 128 Å². The van der Waals surface area contributed by atoms with Crippen molar-refractivity contribution in [2.45, 2.75) is 252 Å². The molecule has 6 nitrogen and oxygen atoms in total. The van der Waals surface area contributed by atoms with Crippen LogP contribution in [0.15, 0.2) is 36.5 Å². The van der Waals surface area contributed by atoms with Gasteiger partial charge in [0.1, 0.15) is 13.2 Å². The van der Waals surface area contributed by atoms with E-state index in [0.717, 1.165) is 77.0 Å². The van der Waals surface area contributed by atoms with Crippen LogP contribution in [0.25, 0.3) is 0 Å². The summed E-state index contributed by atoms with van der Waals surface area (Å²) in [7, 11) is 0. The second-order valence-electron chi connectivity index (χ2n) is 16.0. The minimum atomic E-state index is -0.777. The van der Waals surface area contributed by atoms with Crippen LogP contribution in [-0.2, 0) is 28.6 Å². The van der Waals surface area contributed by atoms with Gasteiger partial charge in [-0.3, -0.25) is 14.4 Å². The van der Waals surface area contributed by atoms with Crippen LogP contribution < -0.4 is 0 Å². The van der Waals surface area contributed by atoms with Crippen molar-refractivity contribution in [1.82, 2.24) is 0 Å². The van der Waals surface area contributed by atoms with E-state index < -0.39 is 6.10 Å². The highest BCUT2D eigenvalue weighted by Crippen LogP contribution is 2.14. The molecule has 0 aromatic rings. The van der Waals surface area contributed by atoms with E-state index >= 15 is 0 Å². The Bertz CT molecular complexity index is 953. The molecular formula is C50H90O6. The van der Waals surface area contributed by atoms with E-state index in [1.807, 2.05) is 0 Å². The molecule has 0 amide bonds. The topological polar surface area (TPSA) is 78.9 Å². The number of carbonyl (C=O) groups is 3. The van der Waals surface area contributed by atoms with Crippen LogP contribution in [0.5, 0.6) is 0 Å². The summed E-state index contributed by atoms with van der Waals surface area (Å²) < 4.78 is 16.7. The Morgan fingerprint density at radius 1 is 0.339 bits per heavy atom. The van der Waals surface area contributed by atoms with Crippen LogP contribution in [0.2, 0.25) is 0 Å². The van der Waals surface area contributed by atoms with Gasteiger partial charge < -0.3 is 14.2 Å². The minimum absolute atomic E-state index is 0.0795. The van der Waals surface area contributed by atoms with Crippen molar-refractivity contribution in [1.29, 1.82) is 0 Å². The van der Waals surface area contributed by atoms with Crippen LogP contribution in [0, 0.1) is 0 Å². The van der Waals surface area contributed by atoms with Crippen LogP contribution in [0.1, 0.15) is 245 Å². The third-order valence-corrected chi connectivity index (χ3v) is 10.3. The summed E-state index contributed by atoms with van der Waals surface area (Å²) in [5.41, 5.74) is 0. The molecule has 0 aliphatic heterocycles. The summed E-state index contributed by atoms with van der Waals surface area (Å²) >= 11 is 0. The first-order valence-corrected chi connectivity index (χ1v) is 24.0. The van der Waals surface area contributed by atoms with Crippen molar-refractivity contribution in [3.05, 3.63) is 36.5 Å². The molecule has 1 unspecified atom stereocenters. The van der Waals surface area contributed by atoms with Gasteiger partial charge >= 0.3 is 17.9 Å². The molecule has 56 heavy (non-hydrogen) atoms. The van der Waals surface area contributed by atoms with Gasteiger partial charge in [-0.2, -0.15) is 0 Å². The van der Waals surface area contributed by atoms with Crippen molar-refractivity contribution in [3.8, 4) is 0 Å². The Morgan fingerprint density at radius 3 is 0.982 bits per heavy atom. The molecule has 0 spiro atoms. The summed E-state index contributed by atoms with van der Waals surface area (Å²) in [6.07, 6.45) is 51.2. The highest BCUT2D eigenvalue weighted by atomic mass is 16.6. The van der Waals surface area contributed by atoms with E-state index in [2.05, 4.69) is 57.2 Å². The first-order valence-electron chi connectivity index (χ1n) is 24.0. The number of allylic oxidation sites excluding steroid dienone is 6. The lowest BCUT2D eigenvalue weighted by atomic mass is 10.1. The maximum atomic E-state index is 12.7. The zero-order valence-electron chi connectivity index (χ0n) is 37.2. The Kier molecular flexibility index (Phi) is 43.4. The first-order chi connectivity index (χ1) is 27.5. The quantitative estimate of drug-likeness (QED) is 0.0265. The third kappa shape index (κ3) is 42.8. The van der Waals surface area contributed by atoms with Gasteiger partial charge in [0.15, 0.2) is 6.10 Å². The third-order valence-electron chi connectivity index (χ3n) is 10.3. The molecule has 0 heterocycles. The maximum absolute atomic E-state index is 12.7. The lowest BCUT2D eigenvalue weighted by molar-refractivity contribution is -0.167. The summed E-state index contributed by atoms with van der Waals surface area (Å²) in [5, 5.41) is 0. The van der Waals surface area contributed by atoms with Crippen LogP contribution in [0.4, 0.5) is 0 Å². The normalized spacial score (nSPS) is 12.3. The average Bonchev–Trinajstić information content (AvgIpc) is 3.19. The molecule has 0 saturated heterocycles. The monoisotopic (exact) mass is 787 g/mol. The molecule has 0 aliphatic carbocycles. The number of unbranched alkanes of at least 4 members (excludes halogenated alkanes) is 26. The number of rotatable bonds is 43. The van der Waals surface area contributed by atoms with Crippen molar-refractivity contribution < 1.29 is 28.6 Å². The summed E-state index contributed by atoms with van der Waals surface area (Å²) in [6, 6.07) is 0. The smallest absolute Gasteiger partial charge is 0.306 e. The van der Waals surface area contributed by atoms with Crippen LogP contribution in [-0.4, -0.2) is 37.2 Å². The molecule has 0 fully saturated rings. The standard InChI is InChI=1S/C50H90O6/c1-4-7-10-13-16-19-22-24-25-26-29-31-34-37-40-43-49(52)55-46-47(45-54-48(51)42-39-36-33-30-27-21-18-15-12-9-6-3)56-50(53)44-41-38-35-32-28-23-20-17-14-11-8-5-2/h15,17-20,22,47H,4-14,16,21,23-46H2,1-3H3/b18-15-,20-17-,22-19-. The van der Waals surface area contributed by atoms with Crippen LogP contribution in [0.3, 0.4) is 0 Å². The second-order valence-corrected chi connectivity index (χ2v) is 16.0. The lowest BCUT2D eigenvalue weighted by Crippen LogP contribution is -2.30. The van der Waals surface area contributed by atoms with Gasteiger partial charge in [0.05, 0.1) is 0 Å². The van der Waals surface area contributed by atoms with Gasteiger partial charge in [0.25, 0.3) is 0 Å². The van der Waals surface area contributed by atoms with Crippen molar-refractivity contribution >= 4 is 17.9 Å². The summed E-state index contributed by atoms with van der Waals surface area (Å²) in [6.45, 7) is 6.55. The van der Waals surface area contributed by atoms with Crippen LogP contribution >= 0.6 is 0 Å². The molecule has 0 aliphatic rings. The molecule has 326 valence electrons. The number of hydrogen-bond acceptors (Lipinski definition) is 6. The predicted molar refractivity (Wildman–Crippen MR) is 238 cm³/mol. The summed E-state index contributed by atoms with van der Waals surface area (Å²) in [4.78, 5) is 37.8. The molecule has 1 atom stereocenters. The molecule has 0 saturated carbocycles. The fourth-order valence-electron chi connectivity index (χ4n) is 6.65. The zero-order chi connectivity index (χ0) is 40.8. The molecule has 0 aromatic heterocycles. The van der Waals surface area contributed by atoms with Gasteiger partial charge in [-0.25, -0.2) is 0 Å². The largest absolute Gasteiger partial charge is 0.462 e. The molecule has 0 rings (SSSR count). The average molecular weight is 787 g/mol. The number of esters is 3. The van der Waals surface area contributed by atoms with E-state index in [-0.39, 0.29) is 31.1 Å². The first kappa shape index (κ1) is 53.6. The summed E-state index contributed by atoms with van der Waals surface area (Å²) in [5.74, 6) is -0.900. The van der Waals surface area contributed by atoms with Crippen molar-refractivity contribution in [3.63, 3.8) is 0 Å². The van der Waals surface area contributed by atoms with Gasteiger partial charge in [-0.05, 0) is 89.9 Å². The molecule has 0 radical (unpaired) electrons. The van der Waals surface area contributed by atoms with E-state index in [0.29, 0.717) is 19.3 Å². The number of ether oxygens (including phenoxy) is 3. The van der Waals surface area contributed by atoms with E-state index in [4.69, 9.17) is 14.2 Å². The highest BCUT2D eigenvalue weighted by molar-refractivity contribution is 5.71. The van der Waals surface area contributed by atoms with Gasteiger partial charge in [0, 0.05) is 19.3 Å². The molecular weight excluding hydrogens is 697 g/mol. The lowest BCUT2D eigenvalue weighted by Gasteiger charge is -2.18. The second kappa shape index (κ2) is 45.3. The Balaban J connectivity index is 4.37. The molecule has 0 N–H and O–H groups in total. The Labute approximate surface area is 346 Å². The highest BCUT2D eigenvalue weighted by Gasteiger charge is 2.19.